The molecule has 0 radical (unpaired) electrons. The topological polar surface area (TPSA) is 60.2 Å². The van der Waals surface area contributed by atoms with E-state index < -0.39 is 4.92 Å². The lowest BCUT2D eigenvalue weighted by atomic mass is 10.4. The monoisotopic (exact) mass is 235 g/mol. The number of rotatable bonds is 2. The van der Waals surface area contributed by atoms with Crippen LogP contribution in [-0.2, 0) is 0 Å². The first-order valence-electron chi connectivity index (χ1n) is 2.53. The van der Waals surface area contributed by atoms with Gasteiger partial charge in [-0.1, -0.05) is 0 Å². The number of nitro groups is 1. The van der Waals surface area contributed by atoms with E-state index in [0.717, 1.165) is 11.3 Å². The van der Waals surface area contributed by atoms with Gasteiger partial charge in [-0.05, 0) is 15.9 Å². The van der Waals surface area contributed by atoms with Crippen LogP contribution in [0.4, 0.5) is 5.69 Å². The first kappa shape index (κ1) is 8.35. The lowest BCUT2D eigenvalue weighted by Crippen LogP contribution is -1.85. The molecule has 0 aliphatic rings. The maximum absolute atomic E-state index is 10.2. The van der Waals surface area contributed by atoms with Gasteiger partial charge >= 0.3 is 0 Å². The molecule has 0 bridgehead atoms. The van der Waals surface area contributed by atoms with E-state index >= 15 is 0 Å². The molecule has 58 valence electrons. The van der Waals surface area contributed by atoms with Gasteiger partial charge in [0.25, 0.3) is 5.69 Å². The first-order valence-corrected chi connectivity index (χ1v) is 4.20. The van der Waals surface area contributed by atoms with Crippen molar-refractivity contribution in [1.82, 2.24) is 0 Å². The average Bonchev–Trinajstić information content (AvgIpc) is 2.30. The van der Waals surface area contributed by atoms with Crippen LogP contribution in [0.5, 0.6) is 0 Å². The lowest BCUT2D eigenvalue weighted by molar-refractivity contribution is -0.385. The molecular weight excluding hydrogens is 234 g/mol. The number of hydrogen-bond acceptors (Lipinski definition) is 4. The largest absolute Gasteiger partial charge is 0.297 e. The van der Waals surface area contributed by atoms with Crippen LogP contribution < -0.4 is 0 Å². The second-order valence-corrected chi connectivity index (χ2v) is 3.38. The van der Waals surface area contributed by atoms with Gasteiger partial charge in [-0.3, -0.25) is 14.9 Å². The van der Waals surface area contributed by atoms with Crippen molar-refractivity contribution in [3.05, 3.63) is 24.8 Å². The Morgan fingerprint density at radius 3 is 2.64 bits per heavy atom. The van der Waals surface area contributed by atoms with Gasteiger partial charge in [0.15, 0.2) is 6.29 Å². The van der Waals surface area contributed by atoms with E-state index in [2.05, 4.69) is 15.9 Å². The predicted octanol–water partition coefficient (Wildman–Crippen LogP) is 2.23. The fraction of sp³-hybridized carbons (Fsp3) is 0. The molecule has 0 saturated carbocycles. The second kappa shape index (κ2) is 3.10. The van der Waals surface area contributed by atoms with E-state index in [-0.39, 0.29) is 10.2 Å². The van der Waals surface area contributed by atoms with Gasteiger partial charge in [0.05, 0.1) is 15.2 Å². The number of hydrogen-bond donors (Lipinski definition) is 0. The van der Waals surface area contributed by atoms with Crippen molar-refractivity contribution in [3.63, 3.8) is 0 Å². The molecule has 0 aliphatic heterocycles. The predicted molar refractivity (Wildman–Crippen MR) is 44.1 cm³/mol. The van der Waals surface area contributed by atoms with Crippen molar-refractivity contribution >= 4 is 39.2 Å². The van der Waals surface area contributed by atoms with Crippen molar-refractivity contribution in [2.24, 2.45) is 0 Å². The first-order chi connectivity index (χ1) is 5.16. The van der Waals surface area contributed by atoms with Crippen LogP contribution in [0.25, 0.3) is 0 Å². The Labute approximate surface area is 74.1 Å². The van der Waals surface area contributed by atoms with Gasteiger partial charge in [-0.25, -0.2) is 0 Å². The average molecular weight is 236 g/mol. The summed E-state index contributed by atoms with van der Waals surface area (Å²) in [7, 11) is 0. The molecule has 0 amide bonds. The smallest absolute Gasteiger partial charge is 0.294 e. The molecule has 1 heterocycles. The Hall–Kier alpha value is -0.750. The van der Waals surface area contributed by atoms with E-state index in [9.17, 15) is 14.9 Å². The summed E-state index contributed by atoms with van der Waals surface area (Å²) in [6.45, 7) is 0. The normalized spacial score (nSPS) is 9.55. The summed E-state index contributed by atoms with van der Waals surface area (Å²) in [6, 6.07) is 0. The van der Waals surface area contributed by atoms with Crippen LogP contribution in [0, 0.1) is 10.1 Å². The molecule has 6 heteroatoms. The molecule has 0 fully saturated rings. The molecule has 0 spiro atoms. The van der Waals surface area contributed by atoms with Crippen molar-refractivity contribution in [2.75, 3.05) is 0 Å². The zero-order chi connectivity index (χ0) is 8.43. The molecule has 0 aliphatic carbocycles. The minimum Gasteiger partial charge on any atom is -0.297 e. The zero-order valence-electron chi connectivity index (χ0n) is 5.11. The Morgan fingerprint density at radius 2 is 2.36 bits per heavy atom. The molecule has 0 aromatic carbocycles. The molecule has 0 saturated heterocycles. The molecule has 1 aromatic rings. The Balaban J connectivity index is 3.20. The molecule has 1 rings (SSSR count). The van der Waals surface area contributed by atoms with Crippen LogP contribution in [0.15, 0.2) is 9.85 Å². The van der Waals surface area contributed by atoms with E-state index in [1.165, 1.54) is 5.38 Å². The van der Waals surface area contributed by atoms with Crippen LogP contribution >= 0.6 is 27.3 Å². The van der Waals surface area contributed by atoms with E-state index in [1.807, 2.05) is 0 Å². The Morgan fingerprint density at radius 1 is 1.73 bits per heavy atom. The standard InChI is InChI=1S/C5H2BrNO3S/c6-5-3(7(9)10)2-11-4(5)1-8/h1-2H. The van der Waals surface area contributed by atoms with Gasteiger partial charge in [0.1, 0.15) is 4.47 Å². The van der Waals surface area contributed by atoms with Gasteiger partial charge in [-0.2, -0.15) is 0 Å². The van der Waals surface area contributed by atoms with Crippen molar-refractivity contribution in [3.8, 4) is 0 Å². The number of aldehydes is 1. The number of carbonyl (C=O) groups excluding carboxylic acids is 1. The highest BCUT2D eigenvalue weighted by Gasteiger charge is 2.17. The van der Waals surface area contributed by atoms with Gasteiger partial charge < -0.3 is 0 Å². The summed E-state index contributed by atoms with van der Waals surface area (Å²) < 4.78 is 0.266. The van der Waals surface area contributed by atoms with Crippen molar-refractivity contribution in [2.45, 2.75) is 0 Å². The van der Waals surface area contributed by atoms with Crippen LogP contribution in [0.2, 0.25) is 0 Å². The summed E-state index contributed by atoms with van der Waals surface area (Å²) in [5, 5.41) is 11.5. The molecule has 0 N–H and O–H groups in total. The summed E-state index contributed by atoms with van der Waals surface area (Å²) in [5.41, 5.74) is -0.0582. The molecule has 0 unspecified atom stereocenters. The van der Waals surface area contributed by atoms with E-state index in [1.54, 1.807) is 0 Å². The van der Waals surface area contributed by atoms with Crippen LogP contribution in [0.3, 0.4) is 0 Å². The Kier molecular flexibility index (Phi) is 2.35. The van der Waals surface area contributed by atoms with Crippen LogP contribution in [0.1, 0.15) is 9.67 Å². The highest BCUT2D eigenvalue weighted by Crippen LogP contribution is 2.32. The summed E-state index contributed by atoms with van der Waals surface area (Å²) in [4.78, 5) is 20.2. The summed E-state index contributed by atoms with van der Waals surface area (Å²) in [6.07, 6.45) is 0.585. The molecule has 0 atom stereocenters. The number of carbonyl (C=O) groups is 1. The highest BCUT2D eigenvalue weighted by atomic mass is 79.9. The molecule has 1 aromatic heterocycles. The minimum atomic E-state index is -0.534. The molecule has 4 nitrogen and oxygen atoms in total. The number of nitrogens with zero attached hydrogens (tertiary/aromatic N) is 1. The molecule has 11 heavy (non-hydrogen) atoms. The second-order valence-electron chi connectivity index (χ2n) is 1.67. The fourth-order valence-corrected chi connectivity index (χ4v) is 2.04. The fourth-order valence-electron chi connectivity index (χ4n) is 0.552. The van der Waals surface area contributed by atoms with Crippen molar-refractivity contribution in [1.29, 1.82) is 0 Å². The van der Waals surface area contributed by atoms with Gasteiger partial charge in [0, 0.05) is 0 Å². The lowest BCUT2D eigenvalue weighted by Gasteiger charge is -1.84. The minimum absolute atomic E-state index is 0.0582. The molecular formula is C5H2BrNO3S. The Bertz CT molecular complexity index is 309. The van der Waals surface area contributed by atoms with Gasteiger partial charge in [0.2, 0.25) is 0 Å². The zero-order valence-corrected chi connectivity index (χ0v) is 7.52. The SMILES string of the molecule is O=Cc1scc([N+](=O)[O-])c1Br. The summed E-state index contributed by atoms with van der Waals surface area (Å²) in [5.74, 6) is 0. The summed E-state index contributed by atoms with van der Waals surface area (Å²) >= 11 is 4.00. The highest BCUT2D eigenvalue weighted by molar-refractivity contribution is 9.10. The number of halogens is 1. The third-order valence-corrected chi connectivity index (χ3v) is 3.03. The van der Waals surface area contributed by atoms with Gasteiger partial charge in [-0.15, -0.1) is 11.3 Å². The maximum Gasteiger partial charge on any atom is 0.294 e. The number of thiophene rings is 1. The van der Waals surface area contributed by atoms with E-state index in [4.69, 9.17) is 0 Å². The van der Waals surface area contributed by atoms with E-state index in [0.29, 0.717) is 11.2 Å². The maximum atomic E-state index is 10.2. The van der Waals surface area contributed by atoms with Crippen molar-refractivity contribution < 1.29 is 9.72 Å². The third-order valence-electron chi connectivity index (χ3n) is 1.04. The van der Waals surface area contributed by atoms with Crippen LogP contribution in [-0.4, -0.2) is 11.2 Å². The third kappa shape index (κ3) is 1.46. The quantitative estimate of drug-likeness (QED) is 0.449.